The first-order valence-corrected chi connectivity index (χ1v) is 6.08. The lowest BCUT2D eigenvalue weighted by Gasteiger charge is -2.28. The van der Waals surface area contributed by atoms with Gasteiger partial charge in [0.05, 0.1) is 25.1 Å². The molecule has 104 valence electrons. The Kier molecular flexibility index (Phi) is 3.57. The molecule has 0 saturated carbocycles. The van der Waals surface area contributed by atoms with Crippen LogP contribution in [0.15, 0.2) is 27.8 Å². The molecule has 5 nitrogen and oxygen atoms in total. The number of amidine groups is 1. The van der Waals surface area contributed by atoms with E-state index in [9.17, 15) is 13.2 Å². The van der Waals surface area contributed by atoms with Crippen molar-refractivity contribution in [3.8, 4) is 0 Å². The van der Waals surface area contributed by atoms with E-state index in [0.29, 0.717) is 5.69 Å². The van der Waals surface area contributed by atoms with E-state index in [4.69, 9.17) is 5.73 Å². The van der Waals surface area contributed by atoms with Gasteiger partial charge >= 0.3 is 6.18 Å². The molecule has 2 N–H and O–H groups in total. The third-order valence-electron chi connectivity index (χ3n) is 2.46. The Morgan fingerprint density at radius 1 is 1.47 bits per heavy atom. The van der Waals surface area contributed by atoms with Crippen LogP contribution in [0, 0.1) is 0 Å². The van der Waals surface area contributed by atoms with Crippen molar-refractivity contribution in [2.45, 2.75) is 12.7 Å². The molecule has 0 amide bonds. The summed E-state index contributed by atoms with van der Waals surface area (Å²) in [7, 11) is 1.79. The highest BCUT2D eigenvalue weighted by Crippen LogP contribution is 2.35. The molecule has 0 unspecified atom stereocenters. The molecular weight excluding hydrogens is 327 g/mol. The summed E-state index contributed by atoms with van der Waals surface area (Å²) in [4.78, 5) is 8.88. The molecule has 0 spiro atoms. The van der Waals surface area contributed by atoms with E-state index in [1.54, 1.807) is 24.1 Å². The van der Waals surface area contributed by atoms with Crippen molar-refractivity contribution in [2.75, 3.05) is 6.54 Å². The van der Waals surface area contributed by atoms with E-state index in [-0.39, 0.29) is 23.5 Å². The fourth-order valence-electron chi connectivity index (χ4n) is 1.69. The normalized spacial score (nSPS) is 16.9. The molecule has 0 aliphatic carbocycles. The molecule has 1 aliphatic heterocycles. The van der Waals surface area contributed by atoms with Crippen LogP contribution in [0.2, 0.25) is 0 Å². The number of rotatable bonds is 2. The molecule has 2 heterocycles. The van der Waals surface area contributed by atoms with Crippen LogP contribution in [-0.2, 0) is 13.6 Å². The van der Waals surface area contributed by atoms with Gasteiger partial charge in [-0.05, 0) is 15.9 Å². The van der Waals surface area contributed by atoms with Crippen molar-refractivity contribution in [3.63, 3.8) is 0 Å². The lowest BCUT2D eigenvalue weighted by atomic mass is 10.3. The Morgan fingerprint density at radius 2 is 2.16 bits per heavy atom. The number of aliphatic imine (C=N–C) groups is 1. The summed E-state index contributed by atoms with van der Waals surface area (Å²) in [5.41, 5.74) is 5.09. The molecule has 0 radical (unpaired) electrons. The predicted molar refractivity (Wildman–Crippen MR) is 67.2 cm³/mol. The smallest absolute Gasteiger partial charge is 0.386 e. The van der Waals surface area contributed by atoms with Gasteiger partial charge in [-0.15, -0.1) is 0 Å². The number of nitrogens with two attached hydrogens (primary N) is 1. The molecule has 1 aliphatic rings. The fraction of sp³-hybridized carbons (Fsp3) is 0.400. The molecule has 9 heteroatoms. The summed E-state index contributed by atoms with van der Waals surface area (Å²) in [5, 5.41) is 0. The minimum absolute atomic E-state index is 0.0774. The van der Waals surface area contributed by atoms with Gasteiger partial charge in [-0.2, -0.15) is 13.2 Å². The van der Waals surface area contributed by atoms with Crippen LogP contribution in [0.5, 0.6) is 0 Å². The average molecular weight is 338 g/mol. The number of nitrogens with zero attached hydrogens (tertiary/aromatic N) is 4. The lowest BCUT2D eigenvalue weighted by Crippen LogP contribution is -2.37. The van der Waals surface area contributed by atoms with Crippen molar-refractivity contribution in [2.24, 2.45) is 17.8 Å². The third-order valence-corrected chi connectivity index (χ3v) is 3.34. The molecule has 1 aromatic rings. The second kappa shape index (κ2) is 4.87. The van der Waals surface area contributed by atoms with Gasteiger partial charge in [-0.25, -0.2) is 9.98 Å². The summed E-state index contributed by atoms with van der Waals surface area (Å²) < 4.78 is 39.9. The van der Waals surface area contributed by atoms with Crippen molar-refractivity contribution in [1.29, 1.82) is 0 Å². The lowest BCUT2D eigenvalue weighted by molar-refractivity contribution is -0.0941. The number of aryl methyl sites for hydroxylation is 1. The number of alkyl halides is 3. The monoisotopic (exact) mass is 337 g/mol. The van der Waals surface area contributed by atoms with Gasteiger partial charge in [0.15, 0.2) is 5.70 Å². The van der Waals surface area contributed by atoms with E-state index in [1.807, 2.05) is 0 Å². The van der Waals surface area contributed by atoms with Gasteiger partial charge in [0.1, 0.15) is 10.4 Å². The van der Waals surface area contributed by atoms with Gasteiger partial charge in [0.2, 0.25) is 0 Å². The van der Waals surface area contributed by atoms with Crippen LogP contribution in [0.3, 0.4) is 0 Å². The minimum Gasteiger partial charge on any atom is -0.386 e. The standard InChI is InChI=1S/C10H11BrF3N5/c1-18-2-6(16-5-18)3-19-4-7(15)17-8(9(19)11)10(12,13)14/h2,5H,3-4H2,1H3,(H2,15,17). The minimum atomic E-state index is -4.55. The zero-order chi connectivity index (χ0) is 14.2. The van der Waals surface area contributed by atoms with Crippen molar-refractivity contribution in [1.82, 2.24) is 14.5 Å². The summed E-state index contributed by atoms with van der Waals surface area (Å²) in [6.07, 6.45) is -1.24. The largest absolute Gasteiger partial charge is 0.436 e. The SMILES string of the molecule is Cn1cnc(CN2CC(N)=NC(C(F)(F)F)=C2Br)c1. The van der Waals surface area contributed by atoms with Crippen LogP contribution < -0.4 is 5.73 Å². The van der Waals surface area contributed by atoms with E-state index >= 15 is 0 Å². The predicted octanol–water partition coefficient (Wildman–Crippen LogP) is 1.72. The van der Waals surface area contributed by atoms with Crippen LogP contribution in [0.25, 0.3) is 0 Å². The van der Waals surface area contributed by atoms with Crippen molar-refractivity contribution >= 4 is 21.8 Å². The maximum absolute atomic E-state index is 12.8. The van der Waals surface area contributed by atoms with E-state index in [0.717, 1.165) is 0 Å². The highest BCUT2D eigenvalue weighted by atomic mass is 79.9. The molecule has 0 aromatic carbocycles. The summed E-state index contributed by atoms with van der Waals surface area (Å²) in [6, 6.07) is 0. The average Bonchev–Trinajstić information content (AvgIpc) is 2.67. The fourth-order valence-corrected chi connectivity index (χ4v) is 2.25. The van der Waals surface area contributed by atoms with E-state index in [1.165, 1.54) is 4.90 Å². The topological polar surface area (TPSA) is 59.4 Å². The number of allylic oxidation sites excluding steroid dienone is 1. The van der Waals surface area contributed by atoms with E-state index < -0.39 is 11.9 Å². The van der Waals surface area contributed by atoms with Crippen LogP contribution >= 0.6 is 15.9 Å². The second-order valence-electron chi connectivity index (χ2n) is 4.13. The van der Waals surface area contributed by atoms with Crippen LogP contribution in [0.4, 0.5) is 13.2 Å². The van der Waals surface area contributed by atoms with Crippen molar-refractivity contribution < 1.29 is 13.2 Å². The Bertz CT molecular complexity index is 546. The van der Waals surface area contributed by atoms with Crippen molar-refractivity contribution in [3.05, 3.63) is 28.5 Å². The number of hydrogen-bond acceptors (Lipinski definition) is 4. The first kappa shape index (κ1) is 13.9. The highest BCUT2D eigenvalue weighted by Gasteiger charge is 2.39. The molecule has 0 bridgehead atoms. The van der Waals surface area contributed by atoms with Gasteiger partial charge in [0, 0.05) is 13.2 Å². The van der Waals surface area contributed by atoms with Crippen LogP contribution in [0.1, 0.15) is 5.69 Å². The first-order valence-electron chi connectivity index (χ1n) is 5.29. The molecule has 0 saturated heterocycles. The third kappa shape index (κ3) is 3.09. The number of imidazole rings is 1. The van der Waals surface area contributed by atoms with Gasteiger partial charge < -0.3 is 15.2 Å². The van der Waals surface area contributed by atoms with Gasteiger partial charge in [-0.3, -0.25) is 0 Å². The molecule has 1 aromatic heterocycles. The molecule has 0 fully saturated rings. The molecular formula is C10H11BrF3N5. The summed E-state index contributed by atoms with van der Waals surface area (Å²) in [5.74, 6) is -0.0774. The molecule has 2 rings (SSSR count). The van der Waals surface area contributed by atoms with E-state index in [2.05, 4.69) is 25.9 Å². The maximum atomic E-state index is 12.8. The number of halogens is 4. The number of hydrogen-bond donors (Lipinski definition) is 1. The van der Waals surface area contributed by atoms with Crippen LogP contribution in [-0.4, -0.2) is 33.0 Å². The summed E-state index contributed by atoms with van der Waals surface area (Å²) >= 11 is 2.94. The molecule has 0 atom stereocenters. The number of aromatic nitrogens is 2. The Labute approximate surface area is 115 Å². The first-order chi connectivity index (χ1) is 8.77. The van der Waals surface area contributed by atoms with Gasteiger partial charge in [0.25, 0.3) is 0 Å². The Morgan fingerprint density at radius 3 is 2.68 bits per heavy atom. The Balaban J connectivity index is 2.27. The van der Waals surface area contributed by atoms with Gasteiger partial charge in [-0.1, -0.05) is 0 Å². The Hall–Kier alpha value is -1.51. The highest BCUT2D eigenvalue weighted by molar-refractivity contribution is 9.11. The quantitative estimate of drug-likeness (QED) is 0.836. The zero-order valence-corrected chi connectivity index (χ0v) is 11.5. The zero-order valence-electron chi connectivity index (χ0n) is 9.95. The second-order valence-corrected chi connectivity index (χ2v) is 4.88. The maximum Gasteiger partial charge on any atom is 0.436 e. The molecule has 19 heavy (non-hydrogen) atoms. The summed E-state index contributed by atoms with van der Waals surface area (Å²) in [6.45, 7) is 0.341.